The second kappa shape index (κ2) is 7.52. The lowest BCUT2D eigenvalue weighted by Gasteiger charge is -2.21. The fourth-order valence-corrected chi connectivity index (χ4v) is 3.22. The van der Waals surface area contributed by atoms with E-state index in [-0.39, 0.29) is 11.9 Å². The first-order chi connectivity index (χ1) is 11.6. The van der Waals surface area contributed by atoms with Crippen LogP contribution in [-0.2, 0) is 17.6 Å². The Morgan fingerprint density at radius 1 is 1.17 bits per heavy atom. The summed E-state index contributed by atoms with van der Waals surface area (Å²) in [5.41, 5.74) is 3.43. The number of fused-ring (bicyclic) bond motifs is 1. The molecule has 0 saturated carbocycles. The van der Waals surface area contributed by atoms with Crippen molar-refractivity contribution in [2.45, 2.75) is 39.2 Å². The average molecular weight is 323 g/mol. The molecule has 1 aliphatic heterocycles. The lowest BCUT2D eigenvalue weighted by Crippen LogP contribution is -2.30. The molecule has 126 valence electrons. The summed E-state index contributed by atoms with van der Waals surface area (Å²) in [5, 5.41) is 3.21. The molecule has 0 aromatic heterocycles. The van der Waals surface area contributed by atoms with Gasteiger partial charge in [-0.05, 0) is 35.1 Å². The SMILES string of the molecule is CC(C)CC(NC(=O)Cc1ccc2c(c1)CCO2)c1ccccc1. The van der Waals surface area contributed by atoms with Gasteiger partial charge >= 0.3 is 0 Å². The molecule has 1 unspecified atom stereocenters. The largest absolute Gasteiger partial charge is 0.493 e. The summed E-state index contributed by atoms with van der Waals surface area (Å²) in [5.74, 6) is 1.55. The van der Waals surface area contributed by atoms with Gasteiger partial charge in [-0.2, -0.15) is 0 Å². The topological polar surface area (TPSA) is 38.3 Å². The van der Waals surface area contributed by atoms with E-state index in [0.717, 1.165) is 30.8 Å². The Balaban J connectivity index is 1.67. The maximum absolute atomic E-state index is 12.5. The zero-order chi connectivity index (χ0) is 16.9. The van der Waals surface area contributed by atoms with Crippen molar-refractivity contribution in [1.82, 2.24) is 5.32 Å². The molecule has 0 radical (unpaired) electrons. The lowest BCUT2D eigenvalue weighted by molar-refractivity contribution is -0.121. The molecule has 3 nitrogen and oxygen atoms in total. The number of ether oxygens (including phenoxy) is 1. The van der Waals surface area contributed by atoms with Crippen molar-refractivity contribution in [3.05, 3.63) is 65.2 Å². The summed E-state index contributed by atoms with van der Waals surface area (Å²) >= 11 is 0. The first kappa shape index (κ1) is 16.6. The molecule has 3 rings (SSSR count). The standard InChI is InChI=1S/C21H25NO2/c1-15(2)12-19(17-6-4-3-5-7-17)22-21(23)14-16-8-9-20-18(13-16)10-11-24-20/h3-9,13,15,19H,10-12,14H2,1-2H3,(H,22,23). The number of rotatable bonds is 6. The number of benzene rings is 2. The van der Waals surface area contributed by atoms with Gasteiger partial charge in [0.1, 0.15) is 5.75 Å². The first-order valence-corrected chi connectivity index (χ1v) is 8.70. The molecule has 2 aromatic rings. The van der Waals surface area contributed by atoms with Crippen LogP contribution >= 0.6 is 0 Å². The minimum Gasteiger partial charge on any atom is -0.493 e. The third-order valence-electron chi connectivity index (χ3n) is 4.36. The van der Waals surface area contributed by atoms with Crippen molar-refractivity contribution in [2.75, 3.05) is 6.61 Å². The third-order valence-corrected chi connectivity index (χ3v) is 4.36. The highest BCUT2D eigenvalue weighted by Gasteiger charge is 2.17. The van der Waals surface area contributed by atoms with E-state index in [1.807, 2.05) is 30.3 Å². The van der Waals surface area contributed by atoms with Gasteiger partial charge in [-0.3, -0.25) is 4.79 Å². The molecule has 0 aliphatic carbocycles. The van der Waals surface area contributed by atoms with Gasteiger partial charge in [0.05, 0.1) is 19.1 Å². The Morgan fingerprint density at radius 2 is 1.96 bits per heavy atom. The van der Waals surface area contributed by atoms with Crippen molar-refractivity contribution < 1.29 is 9.53 Å². The van der Waals surface area contributed by atoms with Gasteiger partial charge in [-0.25, -0.2) is 0 Å². The van der Waals surface area contributed by atoms with E-state index in [0.29, 0.717) is 12.3 Å². The minimum absolute atomic E-state index is 0.0662. The first-order valence-electron chi connectivity index (χ1n) is 8.70. The van der Waals surface area contributed by atoms with Crippen molar-refractivity contribution in [1.29, 1.82) is 0 Å². The maximum atomic E-state index is 12.5. The molecule has 3 heteroatoms. The molecule has 1 aliphatic rings. The molecule has 2 aromatic carbocycles. The third kappa shape index (κ3) is 4.16. The molecule has 1 atom stereocenters. The molecular weight excluding hydrogens is 298 g/mol. The van der Waals surface area contributed by atoms with E-state index >= 15 is 0 Å². The van der Waals surface area contributed by atoms with Crippen LogP contribution in [0.25, 0.3) is 0 Å². The van der Waals surface area contributed by atoms with Gasteiger partial charge in [-0.1, -0.05) is 56.3 Å². The average Bonchev–Trinajstić information content (AvgIpc) is 3.02. The Hall–Kier alpha value is -2.29. The lowest BCUT2D eigenvalue weighted by atomic mass is 9.96. The molecular formula is C21H25NO2. The van der Waals surface area contributed by atoms with E-state index in [1.165, 1.54) is 11.1 Å². The van der Waals surface area contributed by atoms with Gasteiger partial charge in [0.25, 0.3) is 0 Å². The molecule has 0 spiro atoms. The van der Waals surface area contributed by atoms with Crippen LogP contribution in [0.5, 0.6) is 5.75 Å². The molecule has 1 heterocycles. The van der Waals surface area contributed by atoms with Crippen LogP contribution in [0.15, 0.2) is 48.5 Å². The second-order valence-electron chi connectivity index (χ2n) is 6.88. The summed E-state index contributed by atoms with van der Waals surface area (Å²) in [7, 11) is 0. The smallest absolute Gasteiger partial charge is 0.224 e. The normalized spacial score (nSPS) is 14.1. The quantitative estimate of drug-likeness (QED) is 0.870. The number of carbonyl (C=O) groups is 1. The Labute approximate surface area is 144 Å². The number of hydrogen-bond acceptors (Lipinski definition) is 2. The fourth-order valence-electron chi connectivity index (χ4n) is 3.22. The van der Waals surface area contributed by atoms with Gasteiger partial charge in [0.2, 0.25) is 5.91 Å². The number of carbonyl (C=O) groups excluding carboxylic acids is 1. The molecule has 0 saturated heterocycles. The van der Waals surface area contributed by atoms with E-state index in [9.17, 15) is 4.79 Å². The van der Waals surface area contributed by atoms with Gasteiger partial charge in [0, 0.05) is 6.42 Å². The maximum Gasteiger partial charge on any atom is 0.224 e. The molecule has 1 N–H and O–H groups in total. The van der Waals surface area contributed by atoms with Crippen LogP contribution in [-0.4, -0.2) is 12.5 Å². The van der Waals surface area contributed by atoms with Crippen molar-refractivity contribution in [3.63, 3.8) is 0 Å². The van der Waals surface area contributed by atoms with Crippen LogP contribution in [0.2, 0.25) is 0 Å². The zero-order valence-electron chi connectivity index (χ0n) is 14.4. The minimum atomic E-state index is 0.0662. The van der Waals surface area contributed by atoms with Crippen LogP contribution < -0.4 is 10.1 Å². The van der Waals surface area contributed by atoms with Crippen molar-refractivity contribution in [2.24, 2.45) is 5.92 Å². The van der Waals surface area contributed by atoms with Crippen molar-refractivity contribution in [3.8, 4) is 5.75 Å². The Bertz CT molecular complexity index is 694. The van der Waals surface area contributed by atoms with E-state index in [1.54, 1.807) is 0 Å². The van der Waals surface area contributed by atoms with Gasteiger partial charge < -0.3 is 10.1 Å². The predicted molar refractivity (Wildman–Crippen MR) is 96.1 cm³/mol. The Kier molecular flexibility index (Phi) is 5.19. The van der Waals surface area contributed by atoms with E-state index in [2.05, 4.69) is 37.4 Å². The van der Waals surface area contributed by atoms with Crippen molar-refractivity contribution >= 4 is 5.91 Å². The van der Waals surface area contributed by atoms with Crippen LogP contribution in [0, 0.1) is 5.92 Å². The van der Waals surface area contributed by atoms with E-state index < -0.39 is 0 Å². The summed E-state index contributed by atoms with van der Waals surface area (Å²) in [4.78, 5) is 12.5. The summed E-state index contributed by atoms with van der Waals surface area (Å²) < 4.78 is 5.52. The highest BCUT2D eigenvalue weighted by molar-refractivity contribution is 5.79. The van der Waals surface area contributed by atoms with Crippen LogP contribution in [0.1, 0.15) is 43.0 Å². The monoisotopic (exact) mass is 323 g/mol. The molecule has 1 amide bonds. The summed E-state index contributed by atoms with van der Waals surface area (Å²) in [6, 6.07) is 16.4. The summed E-state index contributed by atoms with van der Waals surface area (Å²) in [6.45, 7) is 5.11. The predicted octanol–water partition coefficient (Wildman–Crippen LogP) is 4.07. The fraction of sp³-hybridized carbons (Fsp3) is 0.381. The molecule has 24 heavy (non-hydrogen) atoms. The Morgan fingerprint density at radius 3 is 2.71 bits per heavy atom. The molecule has 0 fully saturated rings. The van der Waals surface area contributed by atoms with Gasteiger partial charge in [0.15, 0.2) is 0 Å². The van der Waals surface area contributed by atoms with Crippen LogP contribution in [0.4, 0.5) is 0 Å². The van der Waals surface area contributed by atoms with Crippen LogP contribution in [0.3, 0.4) is 0 Å². The van der Waals surface area contributed by atoms with E-state index in [4.69, 9.17) is 4.74 Å². The highest BCUT2D eigenvalue weighted by Crippen LogP contribution is 2.26. The highest BCUT2D eigenvalue weighted by atomic mass is 16.5. The molecule has 0 bridgehead atoms. The van der Waals surface area contributed by atoms with Gasteiger partial charge in [-0.15, -0.1) is 0 Å². The zero-order valence-corrected chi connectivity index (χ0v) is 14.4. The summed E-state index contributed by atoms with van der Waals surface area (Å²) in [6.07, 6.45) is 2.28. The number of amides is 1. The number of nitrogens with one attached hydrogen (secondary N) is 1. The number of hydrogen-bond donors (Lipinski definition) is 1. The second-order valence-corrected chi connectivity index (χ2v) is 6.88.